The lowest BCUT2D eigenvalue weighted by atomic mass is 10.4. The largest absolute Gasteiger partial charge is 0.382 e. The minimum atomic E-state index is 0.287. The number of carbonyl (C=O) groups excluding carboxylic acids is 1. The van der Waals surface area contributed by atoms with Gasteiger partial charge in [0.15, 0.2) is 0 Å². The van der Waals surface area contributed by atoms with Gasteiger partial charge in [-0.3, -0.25) is 0 Å². The third kappa shape index (κ3) is 4.92. The highest BCUT2D eigenvalue weighted by Crippen LogP contribution is 1.85. The Morgan fingerprint density at radius 2 is 2.62 bits per heavy atom. The van der Waals surface area contributed by atoms with E-state index in [2.05, 4.69) is 16.6 Å². The van der Waals surface area contributed by atoms with Crippen LogP contribution in [0, 0.1) is 0 Å². The first-order valence-corrected chi connectivity index (χ1v) is 2.11. The van der Waals surface area contributed by atoms with Crippen LogP contribution < -0.4 is 0 Å². The predicted molar refractivity (Wildman–Crippen MR) is 28.9 cm³/mol. The molecule has 0 radical (unpaired) electrons. The van der Waals surface area contributed by atoms with Crippen molar-refractivity contribution in [2.45, 2.75) is 6.92 Å². The molecule has 0 aromatic carbocycles. The predicted octanol–water partition coefficient (Wildman–Crippen LogP) is 0.830. The van der Waals surface area contributed by atoms with E-state index < -0.39 is 0 Å². The first-order valence-electron chi connectivity index (χ1n) is 2.11. The van der Waals surface area contributed by atoms with Crippen LogP contribution in [0.4, 0.5) is 0 Å². The van der Waals surface area contributed by atoms with Crippen molar-refractivity contribution < 1.29 is 9.63 Å². The SMILES string of the molecule is C=C(C)CON=C=O. The molecule has 3 nitrogen and oxygen atoms in total. The molecule has 0 rings (SSSR count). The van der Waals surface area contributed by atoms with Crippen LogP contribution in [-0.4, -0.2) is 12.7 Å². The summed E-state index contributed by atoms with van der Waals surface area (Å²) in [4.78, 5) is 13.7. The van der Waals surface area contributed by atoms with Gasteiger partial charge in [0.05, 0.1) is 0 Å². The zero-order valence-electron chi connectivity index (χ0n) is 4.68. The normalized spacial score (nSPS) is 7.12. The van der Waals surface area contributed by atoms with E-state index in [1.54, 1.807) is 6.92 Å². The van der Waals surface area contributed by atoms with Crippen LogP contribution in [-0.2, 0) is 9.63 Å². The zero-order valence-corrected chi connectivity index (χ0v) is 4.68. The number of hydrogen-bond acceptors (Lipinski definition) is 3. The fourth-order valence-electron chi connectivity index (χ4n) is 0.169. The fraction of sp³-hybridized carbons (Fsp3) is 0.400. The van der Waals surface area contributed by atoms with E-state index in [1.165, 1.54) is 6.08 Å². The van der Waals surface area contributed by atoms with Gasteiger partial charge in [-0.1, -0.05) is 6.58 Å². The molecule has 0 bridgehead atoms. The van der Waals surface area contributed by atoms with Crippen LogP contribution in [0.5, 0.6) is 0 Å². The molecule has 0 aliphatic carbocycles. The van der Waals surface area contributed by atoms with Crippen LogP contribution in [0.1, 0.15) is 6.92 Å². The monoisotopic (exact) mass is 113 g/mol. The summed E-state index contributed by atoms with van der Waals surface area (Å²) in [5.41, 5.74) is 0.823. The van der Waals surface area contributed by atoms with Gasteiger partial charge < -0.3 is 4.84 Å². The molecule has 0 N–H and O–H groups in total. The maximum atomic E-state index is 9.34. The second-order valence-corrected chi connectivity index (χ2v) is 1.41. The van der Waals surface area contributed by atoms with Crippen LogP contribution in [0.15, 0.2) is 17.3 Å². The summed E-state index contributed by atoms with van der Waals surface area (Å²) in [6, 6.07) is 0. The molecule has 0 saturated carbocycles. The first kappa shape index (κ1) is 6.92. The lowest BCUT2D eigenvalue weighted by molar-refractivity contribution is 0.167. The van der Waals surface area contributed by atoms with Gasteiger partial charge in [0.1, 0.15) is 6.61 Å². The third-order valence-corrected chi connectivity index (χ3v) is 0.413. The van der Waals surface area contributed by atoms with Crippen LogP contribution in [0.2, 0.25) is 0 Å². The molecule has 0 aromatic heterocycles. The number of nitrogens with zero attached hydrogens (tertiary/aromatic N) is 1. The van der Waals surface area contributed by atoms with E-state index in [4.69, 9.17) is 0 Å². The molecule has 0 heterocycles. The van der Waals surface area contributed by atoms with Gasteiger partial charge in [-0.2, -0.15) is 0 Å². The van der Waals surface area contributed by atoms with Crippen molar-refractivity contribution >= 4 is 6.08 Å². The Kier molecular flexibility index (Phi) is 3.54. The number of rotatable bonds is 3. The molecule has 0 atom stereocenters. The van der Waals surface area contributed by atoms with Crippen molar-refractivity contribution in [3.05, 3.63) is 12.2 Å². The Labute approximate surface area is 47.6 Å². The summed E-state index contributed by atoms with van der Waals surface area (Å²) in [6.45, 7) is 5.58. The molecule has 0 unspecified atom stereocenters. The maximum absolute atomic E-state index is 9.34. The van der Waals surface area contributed by atoms with Crippen LogP contribution >= 0.6 is 0 Å². The van der Waals surface area contributed by atoms with Gasteiger partial charge in [-0.15, -0.1) is 0 Å². The molecule has 0 aliphatic heterocycles. The highest BCUT2D eigenvalue weighted by Gasteiger charge is 1.80. The molecule has 3 heteroatoms. The maximum Gasteiger partial charge on any atom is 0.276 e. The van der Waals surface area contributed by atoms with Crippen LogP contribution in [0.3, 0.4) is 0 Å². The second kappa shape index (κ2) is 4.09. The van der Waals surface area contributed by atoms with E-state index >= 15 is 0 Å². The van der Waals surface area contributed by atoms with Crippen molar-refractivity contribution in [1.29, 1.82) is 0 Å². The summed E-state index contributed by atoms with van der Waals surface area (Å²) in [7, 11) is 0. The van der Waals surface area contributed by atoms with E-state index in [0.717, 1.165) is 5.57 Å². The summed E-state index contributed by atoms with van der Waals surface area (Å²) >= 11 is 0. The van der Waals surface area contributed by atoms with Gasteiger partial charge in [-0.25, -0.2) is 4.79 Å². The Morgan fingerprint density at radius 1 is 2.00 bits per heavy atom. The smallest absolute Gasteiger partial charge is 0.276 e. The molecule has 0 aliphatic rings. The molecular formula is C5H7NO2. The van der Waals surface area contributed by atoms with Gasteiger partial charge in [0.25, 0.3) is 6.08 Å². The third-order valence-electron chi connectivity index (χ3n) is 0.413. The molecule has 0 amide bonds. The summed E-state index contributed by atoms with van der Waals surface area (Å²) in [5, 5.41) is 2.85. The molecular weight excluding hydrogens is 106 g/mol. The molecule has 0 aromatic rings. The quantitative estimate of drug-likeness (QED) is 0.235. The summed E-state index contributed by atoms with van der Waals surface area (Å²) < 4.78 is 0. The fourth-order valence-corrected chi connectivity index (χ4v) is 0.169. The van der Waals surface area contributed by atoms with Gasteiger partial charge >= 0.3 is 0 Å². The Morgan fingerprint density at radius 3 is 3.00 bits per heavy atom. The highest BCUT2D eigenvalue weighted by atomic mass is 16.6. The van der Waals surface area contributed by atoms with Crippen molar-refractivity contribution in [3.8, 4) is 0 Å². The van der Waals surface area contributed by atoms with Crippen molar-refractivity contribution in [2.75, 3.05) is 6.61 Å². The van der Waals surface area contributed by atoms with Crippen LogP contribution in [0.25, 0.3) is 0 Å². The molecule has 8 heavy (non-hydrogen) atoms. The highest BCUT2D eigenvalue weighted by molar-refractivity contribution is 5.31. The average Bonchev–Trinajstić information content (AvgIpc) is 1.66. The Hall–Kier alpha value is -1.08. The molecule has 44 valence electrons. The molecule has 0 fully saturated rings. The number of hydrogen-bond donors (Lipinski definition) is 0. The van der Waals surface area contributed by atoms with Gasteiger partial charge in [0, 0.05) is 5.16 Å². The topological polar surface area (TPSA) is 38.7 Å². The molecule has 0 spiro atoms. The summed E-state index contributed by atoms with van der Waals surface area (Å²) in [6.07, 6.45) is 1.23. The van der Waals surface area contributed by atoms with Gasteiger partial charge in [0.2, 0.25) is 0 Å². The van der Waals surface area contributed by atoms with E-state index in [9.17, 15) is 4.79 Å². The minimum Gasteiger partial charge on any atom is -0.382 e. The average molecular weight is 113 g/mol. The zero-order chi connectivity index (χ0) is 6.41. The van der Waals surface area contributed by atoms with E-state index in [-0.39, 0.29) is 6.61 Å². The van der Waals surface area contributed by atoms with Crippen molar-refractivity contribution in [1.82, 2.24) is 0 Å². The second-order valence-electron chi connectivity index (χ2n) is 1.41. The summed E-state index contributed by atoms with van der Waals surface area (Å²) in [5.74, 6) is 0. The lowest BCUT2D eigenvalue weighted by Gasteiger charge is -1.90. The van der Waals surface area contributed by atoms with E-state index in [1.807, 2.05) is 0 Å². The van der Waals surface area contributed by atoms with Crippen molar-refractivity contribution in [3.63, 3.8) is 0 Å². The standard InChI is InChI=1S/C5H7NO2/c1-5(2)3-8-6-4-7/h1,3H2,2H3. The number of isocyanates is 1. The minimum absolute atomic E-state index is 0.287. The molecule has 0 saturated heterocycles. The Balaban J connectivity index is 3.18. The lowest BCUT2D eigenvalue weighted by Crippen LogP contribution is -1.85. The van der Waals surface area contributed by atoms with E-state index in [0.29, 0.717) is 0 Å². The first-order chi connectivity index (χ1) is 3.77. The van der Waals surface area contributed by atoms with Crippen molar-refractivity contribution in [2.24, 2.45) is 5.16 Å². The van der Waals surface area contributed by atoms with Gasteiger partial charge in [-0.05, 0) is 12.5 Å². The Bertz CT molecular complexity index is 122.